The van der Waals surface area contributed by atoms with Gasteiger partial charge in [-0.3, -0.25) is 4.79 Å². The molecule has 0 spiro atoms. The Morgan fingerprint density at radius 2 is 2.19 bits per heavy atom. The molecular formula is C13H17ClN2O4S. The highest BCUT2D eigenvalue weighted by Crippen LogP contribution is 2.22. The van der Waals surface area contributed by atoms with E-state index in [0.717, 1.165) is 12.8 Å². The molecule has 116 valence electrons. The number of hydrogen-bond acceptors (Lipinski definition) is 4. The smallest absolute Gasteiger partial charge is 0.251 e. The SMILES string of the molecule is CC1CC(NC(=O)c2ccc(Cl)c(S(N)(=O)=O)c2)CCO1. The zero-order valence-electron chi connectivity index (χ0n) is 11.5. The van der Waals surface area contributed by atoms with Gasteiger partial charge in [0.1, 0.15) is 4.90 Å². The molecular weight excluding hydrogens is 316 g/mol. The van der Waals surface area contributed by atoms with E-state index >= 15 is 0 Å². The number of benzene rings is 1. The van der Waals surface area contributed by atoms with Crippen LogP contribution in [0.1, 0.15) is 30.1 Å². The third kappa shape index (κ3) is 4.16. The fourth-order valence-corrected chi connectivity index (χ4v) is 3.33. The summed E-state index contributed by atoms with van der Waals surface area (Å²) in [6.45, 7) is 2.54. The molecule has 1 amide bonds. The molecule has 2 atom stereocenters. The Labute approximate surface area is 128 Å². The number of primary sulfonamides is 1. The highest BCUT2D eigenvalue weighted by molar-refractivity contribution is 7.89. The Kier molecular flexibility index (Phi) is 4.88. The molecule has 6 nitrogen and oxygen atoms in total. The van der Waals surface area contributed by atoms with Crippen LogP contribution in [-0.2, 0) is 14.8 Å². The lowest BCUT2D eigenvalue weighted by molar-refractivity contribution is 0.0136. The van der Waals surface area contributed by atoms with Gasteiger partial charge in [0.25, 0.3) is 5.91 Å². The van der Waals surface area contributed by atoms with Crippen molar-refractivity contribution >= 4 is 27.5 Å². The summed E-state index contributed by atoms with van der Waals surface area (Å²) in [5.74, 6) is -0.351. The van der Waals surface area contributed by atoms with Gasteiger partial charge in [0, 0.05) is 18.2 Å². The number of amides is 1. The van der Waals surface area contributed by atoms with Crippen molar-refractivity contribution in [1.29, 1.82) is 0 Å². The number of carbonyl (C=O) groups is 1. The van der Waals surface area contributed by atoms with E-state index < -0.39 is 10.0 Å². The highest BCUT2D eigenvalue weighted by Gasteiger charge is 2.22. The molecule has 1 heterocycles. The number of hydrogen-bond donors (Lipinski definition) is 2. The highest BCUT2D eigenvalue weighted by atomic mass is 35.5. The summed E-state index contributed by atoms with van der Waals surface area (Å²) >= 11 is 5.79. The minimum Gasteiger partial charge on any atom is -0.378 e. The molecule has 0 aliphatic carbocycles. The molecule has 1 fully saturated rings. The summed E-state index contributed by atoms with van der Waals surface area (Å²) < 4.78 is 28.2. The number of ether oxygens (including phenoxy) is 1. The van der Waals surface area contributed by atoms with E-state index in [9.17, 15) is 13.2 Å². The average molecular weight is 333 g/mol. The molecule has 0 radical (unpaired) electrons. The van der Waals surface area contributed by atoms with Crippen molar-refractivity contribution in [2.75, 3.05) is 6.61 Å². The van der Waals surface area contributed by atoms with Crippen LogP contribution >= 0.6 is 11.6 Å². The van der Waals surface area contributed by atoms with Crippen LogP contribution in [0.3, 0.4) is 0 Å². The van der Waals surface area contributed by atoms with Crippen molar-refractivity contribution in [2.45, 2.75) is 36.8 Å². The van der Waals surface area contributed by atoms with Crippen LogP contribution in [-0.4, -0.2) is 33.1 Å². The molecule has 1 aliphatic heterocycles. The topological polar surface area (TPSA) is 98.5 Å². The molecule has 3 N–H and O–H groups in total. The van der Waals surface area contributed by atoms with Gasteiger partial charge in [-0.05, 0) is 38.0 Å². The van der Waals surface area contributed by atoms with Crippen molar-refractivity contribution < 1.29 is 17.9 Å². The summed E-state index contributed by atoms with van der Waals surface area (Å²) in [4.78, 5) is 11.9. The van der Waals surface area contributed by atoms with Crippen LogP contribution in [0.15, 0.2) is 23.1 Å². The second-order valence-corrected chi connectivity index (χ2v) is 7.00. The molecule has 8 heteroatoms. The van der Waals surface area contributed by atoms with Crippen LogP contribution in [0.2, 0.25) is 5.02 Å². The first kappa shape index (κ1) is 16.2. The predicted molar refractivity (Wildman–Crippen MR) is 78.7 cm³/mol. The Balaban J connectivity index is 2.16. The fourth-order valence-electron chi connectivity index (χ4n) is 2.26. The van der Waals surface area contributed by atoms with Gasteiger partial charge < -0.3 is 10.1 Å². The molecule has 1 aromatic rings. The quantitative estimate of drug-likeness (QED) is 0.871. The number of carbonyl (C=O) groups excluding carboxylic acids is 1. The maximum atomic E-state index is 12.2. The van der Waals surface area contributed by atoms with E-state index in [-0.39, 0.29) is 33.5 Å². The van der Waals surface area contributed by atoms with Crippen molar-refractivity contribution in [3.05, 3.63) is 28.8 Å². The second-order valence-electron chi connectivity index (χ2n) is 5.07. The number of nitrogens with two attached hydrogens (primary N) is 1. The molecule has 1 saturated heterocycles. The van der Waals surface area contributed by atoms with E-state index in [0.29, 0.717) is 6.61 Å². The predicted octanol–water partition coefficient (Wildman–Crippen LogP) is 1.28. The zero-order chi connectivity index (χ0) is 15.6. The Bertz CT molecular complexity index is 648. The molecule has 0 saturated carbocycles. The molecule has 1 aromatic carbocycles. The molecule has 2 rings (SSSR count). The van der Waals surface area contributed by atoms with E-state index in [1.165, 1.54) is 18.2 Å². The lowest BCUT2D eigenvalue weighted by Gasteiger charge is -2.28. The van der Waals surface area contributed by atoms with Gasteiger partial charge in [0.15, 0.2) is 0 Å². The van der Waals surface area contributed by atoms with Crippen LogP contribution in [0.5, 0.6) is 0 Å². The first-order chi connectivity index (χ1) is 9.77. The maximum absolute atomic E-state index is 12.2. The maximum Gasteiger partial charge on any atom is 0.251 e. The Morgan fingerprint density at radius 1 is 1.48 bits per heavy atom. The minimum atomic E-state index is -3.96. The van der Waals surface area contributed by atoms with Gasteiger partial charge in [-0.2, -0.15) is 0 Å². The minimum absolute atomic E-state index is 0.00580. The third-order valence-corrected chi connectivity index (χ3v) is 4.71. The van der Waals surface area contributed by atoms with Gasteiger partial charge in [-0.15, -0.1) is 0 Å². The van der Waals surface area contributed by atoms with Crippen molar-refractivity contribution in [1.82, 2.24) is 5.32 Å². The molecule has 0 aromatic heterocycles. The van der Waals surface area contributed by atoms with Crippen molar-refractivity contribution in [2.24, 2.45) is 5.14 Å². The average Bonchev–Trinajstić information content (AvgIpc) is 2.37. The van der Waals surface area contributed by atoms with Gasteiger partial charge in [-0.25, -0.2) is 13.6 Å². The van der Waals surface area contributed by atoms with Crippen LogP contribution in [0, 0.1) is 0 Å². The molecule has 0 bridgehead atoms. The van der Waals surface area contributed by atoms with E-state index in [1.54, 1.807) is 0 Å². The summed E-state index contributed by atoms with van der Waals surface area (Å²) in [5, 5.41) is 7.93. The summed E-state index contributed by atoms with van der Waals surface area (Å²) in [6, 6.07) is 4.02. The Morgan fingerprint density at radius 3 is 2.81 bits per heavy atom. The standard InChI is InChI=1S/C13H17ClN2O4S/c1-8-6-10(4-5-20-8)16-13(17)9-2-3-11(14)12(7-9)21(15,18)19/h2-3,7-8,10H,4-6H2,1H3,(H,16,17)(H2,15,18,19). The van der Waals surface area contributed by atoms with Crippen LogP contribution < -0.4 is 10.5 Å². The summed E-state index contributed by atoms with van der Waals surface area (Å²) in [6.07, 6.45) is 1.54. The first-order valence-electron chi connectivity index (χ1n) is 6.52. The third-order valence-electron chi connectivity index (χ3n) is 3.32. The molecule has 1 aliphatic rings. The Hall–Kier alpha value is -1.15. The monoisotopic (exact) mass is 332 g/mol. The number of nitrogens with one attached hydrogen (secondary N) is 1. The first-order valence-corrected chi connectivity index (χ1v) is 8.44. The molecule has 2 unspecified atom stereocenters. The number of halogens is 1. The lowest BCUT2D eigenvalue weighted by Crippen LogP contribution is -2.41. The summed E-state index contributed by atoms with van der Waals surface area (Å²) in [7, 11) is -3.96. The second kappa shape index (κ2) is 6.31. The van der Waals surface area contributed by atoms with Gasteiger partial charge >= 0.3 is 0 Å². The summed E-state index contributed by atoms with van der Waals surface area (Å²) in [5.41, 5.74) is 0.211. The van der Waals surface area contributed by atoms with Crippen molar-refractivity contribution in [3.8, 4) is 0 Å². The van der Waals surface area contributed by atoms with Crippen LogP contribution in [0.4, 0.5) is 0 Å². The fraction of sp³-hybridized carbons (Fsp3) is 0.462. The normalized spacial score (nSPS) is 22.8. The zero-order valence-corrected chi connectivity index (χ0v) is 13.1. The lowest BCUT2D eigenvalue weighted by atomic mass is 10.0. The van der Waals surface area contributed by atoms with Gasteiger partial charge in [0.05, 0.1) is 11.1 Å². The van der Waals surface area contributed by atoms with Crippen LogP contribution in [0.25, 0.3) is 0 Å². The number of sulfonamides is 1. The van der Waals surface area contributed by atoms with E-state index in [4.69, 9.17) is 21.5 Å². The number of rotatable bonds is 3. The molecule has 21 heavy (non-hydrogen) atoms. The van der Waals surface area contributed by atoms with E-state index in [1.807, 2.05) is 6.92 Å². The van der Waals surface area contributed by atoms with Crippen molar-refractivity contribution in [3.63, 3.8) is 0 Å². The van der Waals surface area contributed by atoms with Gasteiger partial charge in [0.2, 0.25) is 10.0 Å². The largest absolute Gasteiger partial charge is 0.378 e. The van der Waals surface area contributed by atoms with E-state index in [2.05, 4.69) is 5.32 Å². The van der Waals surface area contributed by atoms with Gasteiger partial charge in [-0.1, -0.05) is 11.6 Å².